The topological polar surface area (TPSA) is 73.8 Å². The van der Waals surface area contributed by atoms with Crippen molar-refractivity contribution >= 4 is 18.0 Å². The van der Waals surface area contributed by atoms with Gasteiger partial charge in [0.15, 0.2) is 0 Å². The van der Waals surface area contributed by atoms with Crippen molar-refractivity contribution in [2.75, 3.05) is 13.6 Å². The van der Waals surface area contributed by atoms with Gasteiger partial charge in [-0.25, -0.2) is 4.99 Å². The van der Waals surface area contributed by atoms with Crippen LogP contribution < -0.4 is 10.6 Å². The molecule has 0 aromatic heterocycles. The molecule has 1 aliphatic rings. The van der Waals surface area contributed by atoms with E-state index in [1.807, 2.05) is 34.7 Å². The minimum Gasteiger partial charge on any atom is -0.373 e. The summed E-state index contributed by atoms with van der Waals surface area (Å²) < 4.78 is 0. The number of nitrogens with one attached hydrogen (secondary N) is 2. The van der Waals surface area contributed by atoms with Gasteiger partial charge in [-0.2, -0.15) is 0 Å². The van der Waals surface area contributed by atoms with Crippen molar-refractivity contribution in [2.45, 2.75) is 71.9 Å². The van der Waals surface area contributed by atoms with E-state index in [1.54, 1.807) is 11.1 Å². The summed E-state index contributed by atoms with van der Waals surface area (Å²) in [5.41, 5.74) is 0.427. The zero-order valence-corrected chi connectivity index (χ0v) is 15.9. The summed E-state index contributed by atoms with van der Waals surface area (Å²) in [6.07, 6.45) is 5.59. The van der Waals surface area contributed by atoms with Gasteiger partial charge in [0.1, 0.15) is 5.82 Å². The number of piperidine rings is 1. The van der Waals surface area contributed by atoms with Crippen molar-refractivity contribution in [2.24, 2.45) is 4.99 Å². The summed E-state index contributed by atoms with van der Waals surface area (Å²) in [7, 11) is 1.82. The van der Waals surface area contributed by atoms with Crippen LogP contribution in [0.4, 0.5) is 0 Å². The molecule has 2 N–H and O–H groups in total. The van der Waals surface area contributed by atoms with Crippen LogP contribution in [0.5, 0.6) is 0 Å². The summed E-state index contributed by atoms with van der Waals surface area (Å²) in [6.45, 7) is 10.4. The van der Waals surface area contributed by atoms with Gasteiger partial charge in [0, 0.05) is 25.8 Å². The van der Waals surface area contributed by atoms with Crippen LogP contribution in [0.1, 0.15) is 60.3 Å². The van der Waals surface area contributed by atoms with E-state index >= 15 is 0 Å². The van der Waals surface area contributed by atoms with Crippen LogP contribution in [0.15, 0.2) is 16.4 Å². The number of hydrogen-bond acceptors (Lipinski definition) is 4. The molecule has 136 valence electrons. The molecule has 0 bridgehead atoms. The normalized spacial score (nSPS) is 19.9. The second-order valence-corrected chi connectivity index (χ2v) is 7.01. The molecule has 0 spiro atoms. The molecule has 1 saturated heterocycles. The van der Waals surface area contributed by atoms with Gasteiger partial charge in [0.2, 0.25) is 0 Å². The highest BCUT2D eigenvalue weighted by molar-refractivity contribution is 6.35. The van der Waals surface area contributed by atoms with Gasteiger partial charge < -0.3 is 15.5 Å². The van der Waals surface area contributed by atoms with Gasteiger partial charge in [-0.3, -0.25) is 9.59 Å². The highest BCUT2D eigenvalue weighted by Crippen LogP contribution is 2.16. The van der Waals surface area contributed by atoms with Gasteiger partial charge in [0.25, 0.3) is 0 Å². The van der Waals surface area contributed by atoms with Crippen LogP contribution in [-0.2, 0) is 9.59 Å². The molecule has 0 aromatic carbocycles. The number of likely N-dealkylation sites (tertiary alicyclic amines) is 1. The van der Waals surface area contributed by atoms with E-state index < -0.39 is 17.4 Å². The summed E-state index contributed by atoms with van der Waals surface area (Å²) in [6, 6.07) is 0.125. The molecule has 0 aliphatic carbocycles. The predicted octanol–water partition coefficient (Wildman–Crippen LogP) is 2.21. The Morgan fingerprint density at radius 1 is 1.33 bits per heavy atom. The van der Waals surface area contributed by atoms with Crippen LogP contribution >= 0.6 is 0 Å². The van der Waals surface area contributed by atoms with Crippen molar-refractivity contribution in [3.05, 3.63) is 11.4 Å². The highest BCUT2D eigenvalue weighted by Gasteiger charge is 2.30. The number of nitrogens with zero attached hydrogens (tertiary/aromatic N) is 2. The van der Waals surface area contributed by atoms with E-state index in [4.69, 9.17) is 0 Å². The van der Waals surface area contributed by atoms with Crippen LogP contribution in [0.2, 0.25) is 0 Å². The van der Waals surface area contributed by atoms with Crippen LogP contribution in [-0.4, -0.2) is 48.1 Å². The number of rotatable bonds is 5. The largest absolute Gasteiger partial charge is 0.373 e. The Bertz CT molecular complexity index is 523. The molecule has 0 aromatic rings. The molecule has 2 amide bonds. The average molecular weight is 336 g/mol. The summed E-state index contributed by atoms with van der Waals surface area (Å²) >= 11 is 0. The molecule has 6 nitrogen and oxygen atoms in total. The van der Waals surface area contributed by atoms with E-state index in [9.17, 15) is 9.59 Å². The van der Waals surface area contributed by atoms with Crippen molar-refractivity contribution in [3.8, 4) is 0 Å². The molecule has 1 rings (SSSR count). The first-order chi connectivity index (χ1) is 11.2. The Morgan fingerprint density at radius 2 is 2.00 bits per heavy atom. The number of carbonyl (C=O) groups excluding carboxylic acids is 2. The molecule has 0 unspecified atom stereocenters. The van der Waals surface area contributed by atoms with E-state index in [-0.39, 0.29) is 6.04 Å². The second kappa shape index (κ2) is 8.85. The summed E-state index contributed by atoms with van der Waals surface area (Å²) in [5.74, 6) is -0.226. The lowest BCUT2D eigenvalue weighted by Crippen LogP contribution is -2.54. The van der Waals surface area contributed by atoms with Gasteiger partial charge in [-0.05, 0) is 59.0 Å². The third-order valence-corrected chi connectivity index (χ3v) is 4.38. The lowest BCUT2D eigenvalue weighted by molar-refractivity contribution is -0.148. The lowest BCUT2D eigenvalue weighted by Gasteiger charge is -2.33. The highest BCUT2D eigenvalue weighted by atomic mass is 16.2. The SMILES string of the molecule is CC/C(C)=C(/N=C\C(C)(C)NC(=O)C(=O)N1CCCC[C@@H]1C)NC. The molecule has 0 saturated carbocycles. The first-order valence-electron chi connectivity index (χ1n) is 8.77. The average Bonchev–Trinajstić information content (AvgIpc) is 2.54. The second-order valence-electron chi connectivity index (χ2n) is 7.01. The molecule has 24 heavy (non-hydrogen) atoms. The van der Waals surface area contributed by atoms with Crippen LogP contribution in [0.25, 0.3) is 0 Å². The van der Waals surface area contributed by atoms with Gasteiger partial charge in [-0.15, -0.1) is 0 Å². The molecular formula is C18H32N4O2. The summed E-state index contributed by atoms with van der Waals surface area (Å²) in [4.78, 5) is 30.8. The van der Waals surface area contributed by atoms with Gasteiger partial charge >= 0.3 is 11.8 Å². The number of hydrogen-bond donors (Lipinski definition) is 2. The number of aliphatic imine (C=N–C) groups is 1. The molecule has 1 aliphatic heterocycles. The third-order valence-electron chi connectivity index (χ3n) is 4.38. The van der Waals surface area contributed by atoms with E-state index in [0.29, 0.717) is 6.54 Å². The number of allylic oxidation sites excluding steroid dienone is 1. The Hall–Kier alpha value is -1.85. The molecule has 1 heterocycles. The summed E-state index contributed by atoms with van der Waals surface area (Å²) in [5, 5.41) is 5.83. The molecule has 6 heteroatoms. The maximum Gasteiger partial charge on any atom is 0.312 e. The van der Waals surface area contributed by atoms with Crippen LogP contribution in [0, 0.1) is 0 Å². The number of amides is 2. The standard InChI is InChI=1S/C18H32N4O2/c1-7-13(2)15(19-6)20-12-18(4,5)21-16(23)17(24)22-11-9-8-10-14(22)3/h12,14,19H,7-11H2,1-6H3,(H,21,23)/b15-13+,20-12-/t14-/m0/s1. The Kier molecular flexibility index (Phi) is 7.45. The first kappa shape index (κ1) is 20.2. The monoisotopic (exact) mass is 336 g/mol. The zero-order chi connectivity index (χ0) is 18.3. The molecule has 1 fully saturated rings. The maximum absolute atomic E-state index is 12.4. The third kappa shape index (κ3) is 5.65. The van der Waals surface area contributed by atoms with Crippen molar-refractivity contribution in [1.29, 1.82) is 0 Å². The van der Waals surface area contributed by atoms with E-state index in [2.05, 4.69) is 22.5 Å². The smallest absolute Gasteiger partial charge is 0.312 e. The Balaban J connectivity index is 2.75. The van der Waals surface area contributed by atoms with Crippen molar-refractivity contribution in [3.63, 3.8) is 0 Å². The predicted molar refractivity (Wildman–Crippen MR) is 97.8 cm³/mol. The molecule has 0 radical (unpaired) electrons. The van der Waals surface area contributed by atoms with E-state index in [1.165, 1.54) is 0 Å². The quantitative estimate of drug-likeness (QED) is 0.597. The first-order valence-corrected chi connectivity index (χ1v) is 8.77. The molecule has 1 atom stereocenters. The fourth-order valence-electron chi connectivity index (χ4n) is 2.69. The fourth-order valence-corrected chi connectivity index (χ4v) is 2.69. The Labute approximate surface area is 145 Å². The maximum atomic E-state index is 12.4. The van der Waals surface area contributed by atoms with E-state index in [0.717, 1.165) is 37.1 Å². The Morgan fingerprint density at radius 3 is 2.54 bits per heavy atom. The fraction of sp³-hybridized carbons (Fsp3) is 0.722. The van der Waals surface area contributed by atoms with Crippen LogP contribution in [0.3, 0.4) is 0 Å². The van der Waals surface area contributed by atoms with Crippen molar-refractivity contribution in [1.82, 2.24) is 15.5 Å². The molecular weight excluding hydrogens is 304 g/mol. The zero-order valence-electron chi connectivity index (χ0n) is 15.9. The minimum absolute atomic E-state index is 0.125. The van der Waals surface area contributed by atoms with Crippen molar-refractivity contribution < 1.29 is 9.59 Å². The van der Waals surface area contributed by atoms with Gasteiger partial charge in [-0.1, -0.05) is 6.92 Å². The van der Waals surface area contributed by atoms with Gasteiger partial charge in [0.05, 0.1) is 5.54 Å². The number of carbonyl (C=O) groups is 2. The lowest BCUT2D eigenvalue weighted by atomic mass is 10.0. The minimum atomic E-state index is -0.706.